The first kappa shape index (κ1) is 13.2. The summed E-state index contributed by atoms with van der Waals surface area (Å²) in [5.41, 5.74) is 5.47. The normalized spacial score (nSPS) is 11.2. The molecule has 0 aromatic heterocycles. The molecule has 0 aromatic rings. The van der Waals surface area contributed by atoms with Crippen LogP contribution in [0.4, 0.5) is 0 Å². The Hall–Kier alpha value is 0.200. The van der Waals surface area contributed by atoms with Crippen molar-refractivity contribution < 1.29 is 0 Å². The van der Waals surface area contributed by atoms with Gasteiger partial charge >= 0.3 is 0 Å². The zero-order valence-electron chi connectivity index (χ0n) is 8.75. The van der Waals surface area contributed by atoms with Crippen LogP contribution in [0.2, 0.25) is 0 Å². The number of rotatable bonds is 7. The minimum absolute atomic E-state index is 0.585. The predicted octanol–water partition coefficient (Wildman–Crippen LogP) is 1.74. The third-order valence-electron chi connectivity index (χ3n) is 1.96. The SMILES string of the molecule is CSCCN(CCC(N)=S)C(C)C. The Morgan fingerprint density at radius 2 is 2.08 bits per heavy atom. The van der Waals surface area contributed by atoms with E-state index in [9.17, 15) is 0 Å². The Labute approximate surface area is 91.2 Å². The molecule has 78 valence electrons. The quantitative estimate of drug-likeness (QED) is 0.662. The summed E-state index contributed by atoms with van der Waals surface area (Å²) in [6.07, 6.45) is 2.97. The lowest BCUT2D eigenvalue weighted by molar-refractivity contribution is 0.243. The van der Waals surface area contributed by atoms with E-state index in [1.807, 2.05) is 11.8 Å². The smallest absolute Gasteiger partial charge is 0.0740 e. The predicted molar refractivity (Wildman–Crippen MR) is 66.5 cm³/mol. The van der Waals surface area contributed by atoms with E-state index in [0.717, 1.165) is 19.5 Å². The second-order valence-corrected chi connectivity index (χ2v) is 4.85. The number of thioether (sulfide) groups is 1. The monoisotopic (exact) mass is 220 g/mol. The van der Waals surface area contributed by atoms with Gasteiger partial charge in [-0.1, -0.05) is 12.2 Å². The summed E-state index contributed by atoms with van der Waals surface area (Å²) in [6, 6.07) is 0.585. The Bertz CT molecular complexity index is 149. The molecule has 0 saturated heterocycles. The van der Waals surface area contributed by atoms with Gasteiger partial charge in [-0.25, -0.2) is 0 Å². The molecule has 0 atom stereocenters. The highest BCUT2D eigenvalue weighted by atomic mass is 32.2. The molecule has 0 radical (unpaired) electrons. The van der Waals surface area contributed by atoms with Crippen LogP contribution >= 0.6 is 24.0 Å². The van der Waals surface area contributed by atoms with Crippen molar-refractivity contribution in [1.29, 1.82) is 0 Å². The number of thiocarbonyl (C=S) groups is 1. The molecule has 2 N–H and O–H groups in total. The molecule has 0 amide bonds. The summed E-state index contributed by atoms with van der Waals surface area (Å²) in [6.45, 7) is 6.54. The van der Waals surface area contributed by atoms with Crippen LogP contribution in [0, 0.1) is 0 Å². The lowest BCUT2D eigenvalue weighted by Crippen LogP contribution is -2.35. The molecule has 2 nitrogen and oxygen atoms in total. The van der Waals surface area contributed by atoms with Gasteiger partial charge in [0.25, 0.3) is 0 Å². The second kappa shape index (κ2) is 7.59. The van der Waals surface area contributed by atoms with E-state index in [1.165, 1.54) is 5.75 Å². The number of hydrogen-bond donors (Lipinski definition) is 1. The third kappa shape index (κ3) is 7.28. The third-order valence-corrected chi connectivity index (χ3v) is 2.75. The molecule has 0 aromatic carbocycles. The van der Waals surface area contributed by atoms with Crippen LogP contribution < -0.4 is 5.73 Å². The van der Waals surface area contributed by atoms with Gasteiger partial charge in [-0.2, -0.15) is 11.8 Å². The molecular formula is C9H20N2S2. The van der Waals surface area contributed by atoms with Crippen LogP contribution in [0.25, 0.3) is 0 Å². The molecule has 0 aliphatic carbocycles. The van der Waals surface area contributed by atoms with Crippen molar-refractivity contribution in [1.82, 2.24) is 4.90 Å². The van der Waals surface area contributed by atoms with Gasteiger partial charge in [0, 0.05) is 31.3 Å². The molecular weight excluding hydrogens is 200 g/mol. The Balaban J connectivity index is 3.73. The average Bonchev–Trinajstić information content (AvgIpc) is 2.03. The fourth-order valence-corrected chi connectivity index (χ4v) is 1.60. The van der Waals surface area contributed by atoms with E-state index in [1.54, 1.807) is 0 Å². The Morgan fingerprint density at radius 1 is 1.46 bits per heavy atom. The first-order chi connectivity index (χ1) is 6.07. The molecule has 0 unspecified atom stereocenters. The van der Waals surface area contributed by atoms with E-state index in [2.05, 4.69) is 25.0 Å². The molecule has 0 spiro atoms. The number of nitrogens with two attached hydrogens (primary N) is 1. The minimum Gasteiger partial charge on any atom is -0.393 e. The summed E-state index contributed by atoms with van der Waals surface area (Å²) in [7, 11) is 0. The minimum atomic E-state index is 0.585. The average molecular weight is 220 g/mol. The Kier molecular flexibility index (Phi) is 7.71. The molecule has 0 aliphatic rings. The van der Waals surface area contributed by atoms with Gasteiger partial charge in [0.1, 0.15) is 0 Å². The van der Waals surface area contributed by atoms with Crippen molar-refractivity contribution in [2.75, 3.05) is 25.1 Å². The summed E-state index contributed by atoms with van der Waals surface area (Å²) in [5, 5.41) is 0. The summed E-state index contributed by atoms with van der Waals surface area (Å²) in [4.78, 5) is 3.03. The maximum Gasteiger partial charge on any atom is 0.0740 e. The first-order valence-corrected chi connectivity index (χ1v) is 6.39. The van der Waals surface area contributed by atoms with Crippen molar-refractivity contribution in [2.45, 2.75) is 26.3 Å². The van der Waals surface area contributed by atoms with E-state index in [0.29, 0.717) is 11.0 Å². The fraction of sp³-hybridized carbons (Fsp3) is 0.889. The van der Waals surface area contributed by atoms with Crippen molar-refractivity contribution in [3.8, 4) is 0 Å². The highest BCUT2D eigenvalue weighted by Gasteiger charge is 2.08. The summed E-state index contributed by atoms with van der Waals surface area (Å²) in [5.74, 6) is 1.18. The van der Waals surface area contributed by atoms with Crippen molar-refractivity contribution in [3.05, 3.63) is 0 Å². The molecule has 0 bridgehead atoms. The van der Waals surface area contributed by atoms with E-state index >= 15 is 0 Å². The Morgan fingerprint density at radius 3 is 2.46 bits per heavy atom. The standard InChI is InChI=1S/C9H20N2S2/c1-8(2)11(6-7-13-3)5-4-9(10)12/h8H,4-7H2,1-3H3,(H2,10,12). The van der Waals surface area contributed by atoms with Gasteiger partial charge in [0.2, 0.25) is 0 Å². The van der Waals surface area contributed by atoms with Crippen LogP contribution in [0.15, 0.2) is 0 Å². The lowest BCUT2D eigenvalue weighted by atomic mass is 10.3. The highest BCUT2D eigenvalue weighted by molar-refractivity contribution is 7.98. The first-order valence-electron chi connectivity index (χ1n) is 4.59. The van der Waals surface area contributed by atoms with Crippen LogP contribution in [0.1, 0.15) is 20.3 Å². The molecule has 0 heterocycles. The van der Waals surface area contributed by atoms with Crippen LogP contribution in [-0.4, -0.2) is 41.0 Å². The number of hydrogen-bond acceptors (Lipinski definition) is 3. The number of nitrogens with zero attached hydrogens (tertiary/aromatic N) is 1. The van der Waals surface area contributed by atoms with Crippen molar-refractivity contribution in [2.24, 2.45) is 5.73 Å². The molecule has 0 fully saturated rings. The fourth-order valence-electron chi connectivity index (χ4n) is 1.09. The van der Waals surface area contributed by atoms with Crippen LogP contribution in [-0.2, 0) is 0 Å². The topological polar surface area (TPSA) is 29.3 Å². The maximum atomic E-state index is 5.47. The van der Waals surface area contributed by atoms with E-state index in [-0.39, 0.29) is 0 Å². The summed E-state index contributed by atoms with van der Waals surface area (Å²) < 4.78 is 0. The summed E-state index contributed by atoms with van der Waals surface area (Å²) >= 11 is 6.73. The van der Waals surface area contributed by atoms with Gasteiger partial charge in [-0.15, -0.1) is 0 Å². The van der Waals surface area contributed by atoms with Gasteiger partial charge < -0.3 is 5.73 Å². The zero-order valence-corrected chi connectivity index (χ0v) is 10.4. The van der Waals surface area contributed by atoms with Crippen LogP contribution in [0.5, 0.6) is 0 Å². The molecule has 0 rings (SSSR count). The van der Waals surface area contributed by atoms with E-state index < -0.39 is 0 Å². The second-order valence-electron chi connectivity index (χ2n) is 3.34. The van der Waals surface area contributed by atoms with Crippen molar-refractivity contribution >= 4 is 29.0 Å². The molecule has 0 saturated carbocycles. The van der Waals surface area contributed by atoms with E-state index in [4.69, 9.17) is 18.0 Å². The largest absolute Gasteiger partial charge is 0.393 e. The lowest BCUT2D eigenvalue weighted by Gasteiger charge is -2.25. The maximum absolute atomic E-state index is 5.47. The van der Waals surface area contributed by atoms with Crippen LogP contribution in [0.3, 0.4) is 0 Å². The highest BCUT2D eigenvalue weighted by Crippen LogP contribution is 2.02. The molecule has 13 heavy (non-hydrogen) atoms. The van der Waals surface area contributed by atoms with Gasteiger partial charge in [-0.05, 0) is 20.1 Å². The van der Waals surface area contributed by atoms with Crippen molar-refractivity contribution in [3.63, 3.8) is 0 Å². The van der Waals surface area contributed by atoms with Gasteiger partial charge in [-0.3, -0.25) is 4.90 Å². The molecule has 0 aliphatic heterocycles. The molecule has 4 heteroatoms. The zero-order chi connectivity index (χ0) is 10.3. The van der Waals surface area contributed by atoms with Gasteiger partial charge in [0.05, 0.1) is 4.99 Å². The van der Waals surface area contributed by atoms with Gasteiger partial charge in [0.15, 0.2) is 0 Å².